The Labute approximate surface area is 284 Å². The number of rotatable bonds is 10. The van der Waals surface area contributed by atoms with Crippen LogP contribution in [0, 0.1) is 6.92 Å². The molecule has 2 aromatic carbocycles. The van der Waals surface area contributed by atoms with Gasteiger partial charge in [-0.3, -0.25) is 9.97 Å². The highest BCUT2D eigenvalue weighted by Crippen LogP contribution is 2.35. The van der Waals surface area contributed by atoms with E-state index >= 15 is 0 Å². The van der Waals surface area contributed by atoms with Crippen molar-refractivity contribution in [2.24, 2.45) is 7.05 Å². The van der Waals surface area contributed by atoms with Gasteiger partial charge in [0.05, 0.1) is 23.3 Å². The van der Waals surface area contributed by atoms with E-state index in [0.29, 0.717) is 29.6 Å². The summed E-state index contributed by atoms with van der Waals surface area (Å²) < 4.78 is 49.1. The number of aryl methyl sites for hydroxylation is 2. The Balaban J connectivity index is 1.19. The molecule has 250 valence electrons. The summed E-state index contributed by atoms with van der Waals surface area (Å²) >= 11 is 0. The number of anilines is 4. The number of fused-ring (bicyclic) bond motifs is 6. The van der Waals surface area contributed by atoms with Crippen molar-refractivity contribution in [3.63, 3.8) is 0 Å². The van der Waals surface area contributed by atoms with Crippen LogP contribution in [0.2, 0.25) is 0 Å². The number of pyridine rings is 4. The molecule has 0 atom stereocenters. The first-order chi connectivity index (χ1) is 24.4. The van der Waals surface area contributed by atoms with E-state index in [4.69, 9.17) is 19.7 Å². The van der Waals surface area contributed by atoms with E-state index in [1.165, 1.54) is 12.1 Å². The van der Waals surface area contributed by atoms with Crippen LogP contribution in [0.15, 0.2) is 97.5 Å². The molecule has 6 heterocycles. The number of hydrogen-bond acceptors (Lipinski definition) is 7. The number of benzene rings is 2. The third kappa shape index (κ3) is 5.58. The largest absolute Gasteiger partial charge is 0.491 e. The van der Waals surface area contributed by atoms with Crippen molar-refractivity contribution in [3.8, 4) is 5.75 Å². The van der Waals surface area contributed by atoms with Gasteiger partial charge in [-0.1, -0.05) is 18.2 Å². The van der Waals surface area contributed by atoms with Gasteiger partial charge in [-0.05, 0) is 67.1 Å². The lowest BCUT2D eigenvalue weighted by Gasteiger charge is -2.12. The lowest BCUT2D eigenvalue weighted by atomic mass is 10.1. The quantitative estimate of drug-likeness (QED) is 0.150. The molecule has 0 bridgehead atoms. The summed E-state index contributed by atoms with van der Waals surface area (Å²) in [4.78, 5) is 19.2. The third-order valence-electron chi connectivity index (χ3n) is 8.86. The lowest BCUT2D eigenvalue weighted by molar-refractivity contribution is 0.151. The second-order valence-corrected chi connectivity index (χ2v) is 12.0. The summed E-state index contributed by atoms with van der Waals surface area (Å²) in [7, 11) is 1.95. The fraction of sp³-hybridized carbons (Fsp3) is 0.158. The highest BCUT2D eigenvalue weighted by Gasteiger charge is 2.19. The Morgan fingerprint density at radius 2 is 1.56 bits per heavy atom. The Morgan fingerprint density at radius 3 is 2.36 bits per heavy atom. The number of halogens is 3. The summed E-state index contributed by atoms with van der Waals surface area (Å²) in [5.74, 6) is 1.79. The molecule has 12 heteroatoms. The van der Waals surface area contributed by atoms with Crippen molar-refractivity contribution in [2.75, 3.05) is 23.9 Å². The second kappa shape index (κ2) is 12.7. The van der Waals surface area contributed by atoms with Crippen LogP contribution in [0.1, 0.15) is 23.2 Å². The molecular formula is C38H31F3N8O. The van der Waals surface area contributed by atoms with Gasteiger partial charge in [-0.15, -0.1) is 0 Å². The van der Waals surface area contributed by atoms with Crippen LogP contribution in [-0.2, 0) is 13.6 Å². The van der Waals surface area contributed by atoms with Gasteiger partial charge in [-0.2, -0.15) is 0 Å². The normalized spacial score (nSPS) is 11.7. The molecule has 0 saturated carbocycles. The van der Waals surface area contributed by atoms with Crippen LogP contribution in [-0.4, -0.2) is 42.4 Å². The van der Waals surface area contributed by atoms with Crippen molar-refractivity contribution >= 4 is 66.9 Å². The van der Waals surface area contributed by atoms with Gasteiger partial charge >= 0.3 is 0 Å². The Kier molecular flexibility index (Phi) is 7.90. The van der Waals surface area contributed by atoms with Crippen LogP contribution < -0.4 is 15.4 Å². The molecule has 0 spiro atoms. The van der Waals surface area contributed by atoms with E-state index < -0.39 is 13.1 Å². The topological polar surface area (TPSA) is 94.7 Å². The fourth-order valence-corrected chi connectivity index (χ4v) is 6.49. The Hall–Kier alpha value is -6.17. The van der Waals surface area contributed by atoms with Crippen molar-refractivity contribution in [3.05, 3.63) is 114 Å². The number of hydrogen-bond donors (Lipinski definition) is 2. The maximum Gasteiger partial charge on any atom is 0.263 e. The summed E-state index contributed by atoms with van der Waals surface area (Å²) in [6.45, 7) is 1.77. The van der Waals surface area contributed by atoms with E-state index in [0.717, 1.165) is 60.8 Å². The standard InChI is InChI=1S/C38H31F3N8O/c1-22-6-7-25(19-32(22)50-17-14-39)45-34-10-8-26-28-20-42-15-12-30(28)49(38(26)47-34)21-29-35-27-9-11-33(44-24-5-3-4-23(18-24)36(40)41)46-37(27)48(2)31(35)13-16-43-29/h3-13,15-16,18-20,36H,14,17,21H2,1-2H3,(H,44,46)(H,45,47). The van der Waals surface area contributed by atoms with Crippen molar-refractivity contribution in [1.29, 1.82) is 0 Å². The van der Waals surface area contributed by atoms with Crippen LogP contribution in [0.5, 0.6) is 5.75 Å². The average molecular weight is 673 g/mol. The minimum Gasteiger partial charge on any atom is -0.491 e. The number of nitrogens with zero attached hydrogens (tertiary/aromatic N) is 6. The Morgan fingerprint density at radius 1 is 0.800 bits per heavy atom. The number of alkyl halides is 3. The smallest absolute Gasteiger partial charge is 0.263 e. The third-order valence-corrected chi connectivity index (χ3v) is 8.86. The molecule has 0 aliphatic carbocycles. The monoisotopic (exact) mass is 672 g/mol. The molecule has 8 aromatic rings. The number of ether oxygens (including phenoxy) is 1. The molecule has 9 nitrogen and oxygen atoms in total. The molecule has 8 rings (SSSR count). The fourth-order valence-electron chi connectivity index (χ4n) is 6.49. The van der Waals surface area contributed by atoms with Gasteiger partial charge in [0.15, 0.2) is 0 Å². The van der Waals surface area contributed by atoms with Gasteiger partial charge in [0.2, 0.25) is 0 Å². The molecule has 50 heavy (non-hydrogen) atoms. The first kappa shape index (κ1) is 31.1. The van der Waals surface area contributed by atoms with Crippen LogP contribution in [0.25, 0.3) is 43.9 Å². The zero-order valence-electron chi connectivity index (χ0n) is 27.2. The molecule has 2 N–H and O–H groups in total. The second-order valence-electron chi connectivity index (χ2n) is 12.0. The van der Waals surface area contributed by atoms with Gasteiger partial charge in [0.25, 0.3) is 6.43 Å². The van der Waals surface area contributed by atoms with Gasteiger partial charge < -0.3 is 24.5 Å². The van der Waals surface area contributed by atoms with E-state index in [2.05, 4.69) is 20.2 Å². The predicted octanol–water partition coefficient (Wildman–Crippen LogP) is 9.15. The van der Waals surface area contributed by atoms with Crippen molar-refractivity contribution in [2.45, 2.75) is 19.9 Å². The minimum absolute atomic E-state index is 0.00767. The van der Waals surface area contributed by atoms with Crippen LogP contribution >= 0.6 is 0 Å². The minimum atomic E-state index is -2.56. The summed E-state index contributed by atoms with van der Waals surface area (Å²) in [5, 5.41) is 10.4. The summed E-state index contributed by atoms with van der Waals surface area (Å²) in [5.41, 5.74) is 6.41. The van der Waals surface area contributed by atoms with Gasteiger partial charge in [-0.25, -0.2) is 23.1 Å². The highest BCUT2D eigenvalue weighted by atomic mass is 19.3. The summed E-state index contributed by atoms with van der Waals surface area (Å²) in [6, 6.07) is 23.6. The zero-order chi connectivity index (χ0) is 34.4. The number of aromatic nitrogens is 6. The van der Waals surface area contributed by atoms with Gasteiger partial charge in [0, 0.05) is 70.2 Å². The SMILES string of the molecule is Cc1ccc(Nc2ccc3c4cnccc4n(Cc4nccc5c4c4ccc(Nc6cccc(C(F)F)c6)nc4n5C)c3n2)cc1OCCF. The van der Waals surface area contributed by atoms with Crippen LogP contribution in [0.4, 0.5) is 36.2 Å². The van der Waals surface area contributed by atoms with Crippen molar-refractivity contribution < 1.29 is 17.9 Å². The Bertz CT molecular complexity index is 2540. The van der Waals surface area contributed by atoms with E-state index in [-0.39, 0.29) is 12.2 Å². The van der Waals surface area contributed by atoms with E-state index in [9.17, 15) is 13.2 Å². The maximum absolute atomic E-state index is 13.3. The molecule has 0 saturated heterocycles. The van der Waals surface area contributed by atoms with Crippen molar-refractivity contribution in [1.82, 2.24) is 29.1 Å². The molecule has 0 unspecified atom stereocenters. The molecule has 0 amide bonds. The van der Waals surface area contributed by atoms with Gasteiger partial charge in [0.1, 0.15) is 42.0 Å². The summed E-state index contributed by atoms with van der Waals surface area (Å²) in [6.07, 6.45) is 2.85. The first-order valence-corrected chi connectivity index (χ1v) is 16.1. The average Bonchev–Trinajstić information content (AvgIpc) is 3.59. The first-order valence-electron chi connectivity index (χ1n) is 16.1. The van der Waals surface area contributed by atoms with Crippen LogP contribution in [0.3, 0.4) is 0 Å². The molecule has 6 aromatic heterocycles. The molecule has 0 radical (unpaired) electrons. The van der Waals surface area contributed by atoms with E-state index in [1.807, 2.05) is 79.3 Å². The molecular weight excluding hydrogens is 641 g/mol. The molecule has 0 aliphatic rings. The molecule has 0 aliphatic heterocycles. The highest BCUT2D eigenvalue weighted by molar-refractivity contribution is 6.09. The van der Waals surface area contributed by atoms with E-state index in [1.54, 1.807) is 24.5 Å². The zero-order valence-corrected chi connectivity index (χ0v) is 27.2. The maximum atomic E-state index is 13.3. The number of nitrogens with one attached hydrogen (secondary N) is 2. The predicted molar refractivity (Wildman–Crippen MR) is 191 cm³/mol. The lowest BCUT2D eigenvalue weighted by Crippen LogP contribution is -2.04. The molecule has 0 fully saturated rings.